The second-order valence-corrected chi connectivity index (χ2v) is 6.11. The van der Waals surface area contributed by atoms with Crippen molar-refractivity contribution in [2.45, 2.75) is 20.3 Å². The Morgan fingerprint density at radius 3 is 2.85 bits per heavy atom. The van der Waals surface area contributed by atoms with Crippen molar-refractivity contribution in [1.29, 1.82) is 0 Å². The number of carbonyl (C=O) groups excluding carboxylic acids is 1. The third-order valence-electron chi connectivity index (χ3n) is 2.78. The molecule has 0 saturated heterocycles. The first-order valence-electron chi connectivity index (χ1n) is 6.28. The number of carbonyl (C=O) groups is 1. The Labute approximate surface area is 127 Å². The molecule has 0 saturated carbocycles. The Balaban J connectivity index is 1.78. The summed E-state index contributed by atoms with van der Waals surface area (Å²) in [6.07, 6.45) is 0.738. The zero-order chi connectivity index (χ0) is 14.5. The van der Waals surface area contributed by atoms with Crippen molar-refractivity contribution in [3.05, 3.63) is 44.9 Å². The summed E-state index contributed by atoms with van der Waals surface area (Å²) in [4.78, 5) is 17.4. The lowest BCUT2D eigenvalue weighted by atomic mass is 10.3. The molecule has 0 atom stereocenters. The number of hydrogen-bond donors (Lipinski definition) is 2. The van der Waals surface area contributed by atoms with E-state index in [1.165, 1.54) is 4.88 Å². The molecule has 0 fully saturated rings. The van der Waals surface area contributed by atoms with Crippen LogP contribution < -0.4 is 10.6 Å². The summed E-state index contributed by atoms with van der Waals surface area (Å²) >= 11 is 7.52. The summed E-state index contributed by atoms with van der Waals surface area (Å²) in [7, 11) is 0. The van der Waals surface area contributed by atoms with Gasteiger partial charge in [-0.05, 0) is 32.0 Å². The van der Waals surface area contributed by atoms with Crippen molar-refractivity contribution in [3.8, 4) is 0 Å². The highest BCUT2D eigenvalue weighted by Crippen LogP contribution is 2.16. The third kappa shape index (κ3) is 4.21. The van der Waals surface area contributed by atoms with E-state index in [4.69, 9.17) is 11.6 Å². The Kier molecular flexibility index (Phi) is 4.98. The van der Waals surface area contributed by atoms with Crippen LogP contribution in [0, 0.1) is 13.8 Å². The number of benzene rings is 1. The van der Waals surface area contributed by atoms with Crippen LogP contribution in [-0.2, 0) is 6.42 Å². The molecular formula is C14H16ClN3OS. The summed E-state index contributed by atoms with van der Waals surface area (Å²) in [5, 5.41) is 7.17. The summed E-state index contributed by atoms with van der Waals surface area (Å²) in [6.45, 7) is 4.60. The van der Waals surface area contributed by atoms with Crippen LogP contribution in [0.5, 0.6) is 0 Å². The van der Waals surface area contributed by atoms with Crippen LogP contribution in [0.1, 0.15) is 15.6 Å². The van der Waals surface area contributed by atoms with Crippen molar-refractivity contribution in [1.82, 2.24) is 10.3 Å². The van der Waals surface area contributed by atoms with Gasteiger partial charge in [-0.3, -0.25) is 0 Å². The Morgan fingerprint density at radius 1 is 1.40 bits per heavy atom. The van der Waals surface area contributed by atoms with E-state index in [1.807, 2.05) is 6.92 Å². The van der Waals surface area contributed by atoms with Crippen LogP contribution in [0.15, 0.2) is 24.3 Å². The van der Waals surface area contributed by atoms with Crippen molar-refractivity contribution in [2.24, 2.45) is 0 Å². The average molecular weight is 310 g/mol. The minimum Gasteiger partial charge on any atom is -0.337 e. The number of nitrogens with zero attached hydrogens (tertiary/aromatic N) is 1. The van der Waals surface area contributed by atoms with Gasteiger partial charge in [-0.15, -0.1) is 11.3 Å². The minimum absolute atomic E-state index is 0.239. The van der Waals surface area contributed by atoms with E-state index in [2.05, 4.69) is 22.5 Å². The van der Waals surface area contributed by atoms with Gasteiger partial charge in [-0.25, -0.2) is 9.78 Å². The third-order valence-corrected chi connectivity index (χ3v) is 4.15. The number of halogens is 1. The number of urea groups is 1. The molecule has 1 aromatic carbocycles. The Bertz CT molecular complexity index is 593. The van der Waals surface area contributed by atoms with E-state index < -0.39 is 0 Å². The molecule has 4 nitrogen and oxygen atoms in total. The molecule has 6 heteroatoms. The highest BCUT2D eigenvalue weighted by Gasteiger charge is 2.05. The van der Waals surface area contributed by atoms with Crippen molar-refractivity contribution in [3.63, 3.8) is 0 Å². The molecule has 2 N–H and O–H groups in total. The van der Waals surface area contributed by atoms with Gasteiger partial charge in [0.25, 0.3) is 0 Å². The average Bonchev–Trinajstić information content (AvgIpc) is 2.68. The first kappa shape index (κ1) is 14.8. The van der Waals surface area contributed by atoms with E-state index in [0.717, 1.165) is 17.1 Å². The van der Waals surface area contributed by atoms with Gasteiger partial charge in [0.1, 0.15) is 0 Å². The van der Waals surface area contributed by atoms with Gasteiger partial charge in [-0.2, -0.15) is 0 Å². The predicted octanol–water partition coefficient (Wildman–Crippen LogP) is 3.78. The van der Waals surface area contributed by atoms with Crippen LogP contribution in [0.2, 0.25) is 5.02 Å². The van der Waals surface area contributed by atoms with Gasteiger partial charge in [0.2, 0.25) is 0 Å². The Morgan fingerprint density at radius 2 is 2.20 bits per heavy atom. The molecule has 0 spiro atoms. The number of hydrogen-bond acceptors (Lipinski definition) is 3. The van der Waals surface area contributed by atoms with E-state index in [-0.39, 0.29) is 6.03 Å². The van der Waals surface area contributed by atoms with Crippen molar-refractivity contribution >= 4 is 34.7 Å². The second kappa shape index (κ2) is 6.72. The predicted molar refractivity (Wildman–Crippen MR) is 83.8 cm³/mol. The fourth-order valence-corrected chi connectivity index (χ4v) is 2.79. The molecule has 0 bridgehead atoms. The monoisotopic (exact) mass is 309 g/mol. The zero-order valence-electron chi connectivity index (χ0n) is 11.4. The maximum atomic E-state index is 11.7. The normalized spacial score (nSPS) is 10.3. The largest absolute Gasteiger partial charge is 0.337 e. The molecule has 0 aliphatic rings. The molecule has 2 amide bonds. The molecule has 0 radical (unpaired) electrons. The molecule has 0 aliphatic heterocycles. The summed E-state index contributed by atoms with van der Waals surface area (Å²) in [5.41, 5.74) is 1.74. The molecule has 1 heterocycles. The topological polar surface area (TPSA) is 54.0 Å². The number of rotatable bonds is 4. The van der Waals surface area contributed by atoms with Crippen LogP contribution >= 0.6 is 22.9 Å². The summed E-state index contributed by atoms with van der Waals surface area (Å²) < 4.78 is 0. The molecular weight excluding hydrogens is 294 g/mol. The molecule has 2 aromatic rings. The van der Waals surface area contributed by atoms with Gasteiger partial charge in [0, 0.05) is 28.6 Å². The lowest BCUT2D eigenvalue weighted by molar-refractivity contribution is 0.252. The van der Waals surface area contributed by atoms with Gasteiger partial charge < -0.3 is 10.6 Å². The standard InChI is InChI=1S/C14H16ClN3OS/c1-9-10(2)20-13(17-9)6-7-16-14(19)18-12-5-3-4-11(15)8-12/h3-5,8H,6-7H2,1-2H3,(H2,16,18,19). The number of amides is 2. The van der Waals surface area contributed by atoms with E-state index in [0.29, 0.717) is 17.3 Å². The fourth-order valence-electron chi connectivity index (χ4n) is 1.67. The van der Waals surface area contributed by atoms with Crippen LogP contribution in [0.4, 0.5) is 10.5 Å². The van der Waals surface area contributed by atoms with Crippen molar-refractivity contribution in [2.75, 3.05) is 11.9 Å². The number of nitrogens with one attached hydrogen (secondary N) is 2. The zero-order valence-corrected chi connectivity index (χ0v) is 12.9. The number of aromatic nitrogens is 1. The van der Waals surface area contributed by atoms with Gasteiger partial charge in [0.05, 0.1) is 10.7 Å². The van der Waals surface area contributed by atoms with E-state index in [9.17, 15) is 4.79 Å². The maximum Gasteiger partial charge on any atom is 0.319 e. The first-order valence-corrected chi connectivity index (χ1v) is 7.47. The SMILES string of the molecule is Cc1nc(CCNC(=O)Nc2cccc(Cl)c2)sc1C. The van der Waals surface area contributed by atoms with Crippen molar-refractivity contribution < 1.29 is 4.79 Å². The number of anilines is 1. The summed E-state index contributed by atoms with van der Waals surface area (Å²) in [5.74, 6) is 0. The summed E-state index contributed by atoms with van der Waals surface area (Å²) in [6, 6.07) is 6.81. The number of aryl methyl sites for hydroxylation is 2. The Hall–Kier alpha value is -1.59. The van der Waals surface area contributed by atoms with Crippen LogP contribution in [0.3, 0.4) is 0 Å². The smallest absolute Gasteiger partial charge is 0.319 e. The first-order chi connectivity index (χ1) is 9.54. The molecule has 2 rings (SSSR count). The lowest BCUT2D eigenvalue weighted by Crippen LogP contribution is -2.30. The molecule has 0 aliphatic carbocycles. The van der Waals surface area contributed by atoms with Crippen LogP contribution in [-0.4, -0.2) is 17.6 Å². The van der Waals surface area contributed by atoms with Gasteiger partial charge in [-0.1, -0.05) is 17.7 Å². The second-order valence-electron chi connectivity index (χ2n) is 4.39. The maximum absolute atomic E-state index is 11.7. The fraction of sp³-hybridized carbons (Fsp3) is 0.286. The lowest BCUT2D eigenvalue weighted by Gasteiger charge is -2.07. The highest BCUT2D eigenvalue weighted by atomic mass is 35.5. The van der Waals surface area contributed by atoms with Gasteiger partial charge in [0.15, 0.2) is 0 Å². The quantitative estimate of drug-likeness (QED) is 0.903. The molecule has 0 unspecified atom stereocenters. The van der Waals surface area contributed by atoms with E-state index >= 15 is 0 Å². The minimum atomic E-state index is -0.239. The van der Waals surface area contributed by atoms with Gasteiger partial charge >= 0.3 is 6.03 Å². The highest BCUT2D eigenvalue weighted by molar-refractivity contribution is 7.11. The van der Waals surface area contributed by atoms with E-state index in [1.54, 1.807) is 35.6 Å². The molecule has 20 heavy (non-hydrogen) atoms. The number of thiazole rings is 1. The van der Waals surface area contributed by atoms with Crippen LogP contribution in [0.25, 0.3) is 0 Å². The molecule has 106 valence electrons. The molecule has 1 aromatic heterocycles.